The van der Waals surface area contributed by atoms with Crippen LogP contribution in [-0.2, 0) is 8.91 Å². The molecule has 0 aromatic heterocycles. The average molecular weight is 216 g/mol. The molecule has 1 N–H and O–H groups in total. The standard InChI is InChI=1S/C8H18NO2Si2/c1-7(10)9-8-5-6-12(8)11-13(2,3)4/h8H,5-6H2,1-4H3,(H,9,10). The molecule has 1 aliphatic heterocycles. The fourth-order valence-electron chi connectivity index (χ4n) is 1.32. The lowest BCUT2D eigenvalue weighted by atomic mass is 10.4. The Bertz CT molecular complexity index is 203. The van der Waals surface area contributed by atoms with E-state index < -0.39 is 17.4 Å². The Kier molecular flexibility index (Phi) is 3.31. The number of carbonyl (C=O) groups is 1. The Morgan fingerprint density at radius 2 is 2.15 bits per heavy atom. The van der Waals surface area contributed by atoms with Gasteiger partial charge in [-0.1, -0.05) is 0 Å². The van der Waals surface area contributed by atoms with Crippen LogP contribution < -0.4 is 5.32 Å². The Morgan fingerprint density at radius 3 is 2.46 bits per heavy atom. The van der Waals surface area contributed by atoms with Crippen LogP contribution in [0.4, 0.5) is 0 Å². The minimum atomic E-state index is -1.39. The van der Waals surface area contributed by atoms with Crippen molar-refractivity contribution in [2.75, 3.05) is 0 Å². The third kappa shape index (κ3) is 3.62. The van der Waals surface area contributed by atoms with Gasteiger partial charge in [-0.2, -0.15) is 0 Å². The van der Waals surface area contributed by atoms with Crippen LogP contribution in [0.1, 0.15) is 13.3 Å². The Morgan fingerprint density at radius 1 is 1.54 bits per heavy atom. The van der Waals surface area contributed by atoms with Crippen molar-refractivity contribution in [2.45, 2.75) is 44.7 Å². The summed E-state index contributed by atoms with van der Waals surface area (Å²) in [6, 6.07) is 1.19. The van der Waals surface area contributed by atoms with E-state index in [4.69, 9.17) is 4.12 Å². The summed E-state index contributed by atoms with van der Waals surface area (Å²) in [5.41, 5.74) is 0.370. The smallest absolute Gasteiger partial charge is 0.222 e. The maximum atomic E-state index is 10.8. The van der Waals surface area contributed by atoms with Crippen molar-refractivity contribution in [3.63, 3.8) is 0 Å². The molecular formula is C8H18NO2Si2. The van der Waals surface area contributed by atoms with Gasteiger partial charge in [0.05, 0.1) is 0 Å². The van der Waals surface area contributed by atoms with Crippen LogP contribution in [0.2, 0.25) is 25.7 Å². The Labute approximate surface area is 82.7 Å². The predicted molar refractivity (Wildman–Crippen MR) is 57.2 cm³/mol. The normalized spacial score (nSPS) is 23.8. The first-order chi connectivity index (χ1) is 5.88. The van der Waals surface area contributed by atoms with E-state index >= 15 is 0 Å². The van der Waals surface area contributed by atoms with Gasteiger partial charge in [0.2, 0.25) is 14.9 Å². The number of hydrogen-bond donors (Lipinski definition) is 1. The van der Waals surface area contributed by atoms with Gasteiger partial charge in [0.15, 0.2) is 8.32 Å². The number of carbonyl (C=O) groups excluding carboxylic acids is 1. The van der Waals surface area contributed by atoms with Crippen LogP contribution in [0.5, 0.6) is 0 Å². The summed E-state index contributed by atoms with van der Waals surface area (Å²) < 4.78 is 6.01. The monoisotopic (exact) mass is 216 g/mol. The van der Waals surface area contributed by atoms with E-state index in [0.717, 1.165) is 6.42 Å². The molecule has 0 bridgehead atoms. The van der Waals surface area contributed by atoms with Crippen LogP contribution in [-0.4, -0.2) is 28.9 Å². The zero-order valence-electron chi connectivity index (χ0n) is 8.81. The van der Waals surface area contributed by atoms with Crippen LogP contribution in [0.3, 0.4) is 0 Å². The first-order valence-electron chi connectivity index (χ1n) is 4.70. The zero-order valence-corrected chi connectivity index (χ0v) is 10.8. The highest BCUT2D eigenvalue weighted by Crippen LogP contribution is 2.23. The minimum Gasteiger partial charge on any atom is -0.455 e. The summed E-state index contributed by atoms with van der Waals surface area (Å²) in [6.45, 7) is 8.18. The maximum Gasteiger partial charge on any atom is 0.222 e. The van der Waals surface area contributed by atoms with Crippen molar-refractivity contribution in [2.24, 2.45) is 0 Å². The highest BCUT2D eigenvalue weighted by Gasteiger charge is 2.38. The number of amides is 1. The molecule has 1 atom stereocenters. The molecule has 1 unspecified atom stereocenters. The van der Waals surface area contributed by atoms with E-state index in [-0.39, 0.29) is 5.91 Å². The van der Waals surface area contributed by atoms with E-state index in [0.29, 0.717) is 5.67 Å². The zero-order chi connectivity index (χ0) is 10.1. The molecule has 1 fully saturated rings. The van der Waals surface area contributed by atoms with Gasteiger partial charge in [-0.25, -0.2) is 0 Å². The second kappa shape index (κ2) is 3.93. The van der Waals surface area contributed by atoms with Gasteiger partial charge in [0.25, 0.3) is 0 Å². The molecule has 13 heavy (non-hydrogen) atoms. The molecule has 3 nitrogen and oxygen atoms in total. The fraction of sp³-hybridized carbons (Fsp3) is 0.875. The van der Waals surface area contributed by atoms with Crippen LogP contribution in [0, 0.1) is 0 Å². The predicted octanol–water partition coefficient (Wildman–Crippen LogP) is 1.28. The summed E-state index contributed by atoms with van der Waals surface area (Å²) in [5.74, 6) is 0.0753. The summed E-state index contributed by atoms with van der Waals surface area (Å²) in [7, 11) is -2.10. The number of hydrogen-bond acceptors (Lipinski definition) is 2. The molecule has 1 radical (unpaired) electrons. The van der Waals surface area contributed by atoms with Gasteiger partial charge >= 0.3 is 0 Å². The number of rotatable bonds is 3. The maximum absolute atomic E-state index is 10.8. The molecule has 1 heterocycles. The van der Waals surface area contributed by atoms with E-state index in [2.05, 4.69) is 25.0 Å². The van der Waals surface area contributed by atoms with Gasteiger partial charge in [-0.15, -0.1) is 0 Å². The van der Waals surface area contributed by atoms with E-state index in [9.17, 15) is 4.79 Å². The van der Waals surface area contributed by atoms with Crippen LogP contribution in [0.15, 0.2) is 0 Å². The lowest BCUT2D eigenvalue weighted by Gasteiger charge is -2.38. The molecule has 0 spiro atoms. The summed E-state index contributed by atoms with van der Waals surface area (Å²) >= 11 is 0. The third-order valence-corrected chi connectivity index (χ3v) is 7.37. The van der Waals surface area contributed by atoms with Gasteiger partial charge < -0.3 is 9.43 Å². The van der Waals surface area contributed by atoms with Gasteiger partial charge in [-0.05, 0) is 32.1 Å². The van der Waals surface area contributed by atoms with Crippen LogP contribution >= 0.6 is 0 Å². The number of nitrogens with one attached hydrogen (secondary N) is 1. The topological polar surface area (TPSA) is 38.3 Å². The summed E-state index contributed by atoms with van der Waals surface area (Å²) in [4.78, 5) is 10.8. The van der Waals surface area contributed by atoms with Crippen molar-refractivity contribution >= 4 is 23.3 Å². The molecule has 75 valence electrons. The molecule has 0 saturated carbocycles. The summed E-state index contributed by atoms with van der Waals surface area (Å²) in [6.07, 6.45) is 1.11. The van der Waals surface area contributed by atoms with Gasteiger partial charge in [0.1, 0.15) is 0 Å². The first kappa shape index (κ1) is 10.9. The first-order valence-corrected chi connectivity index (χ1v) is 9.80. The van der Waals surface area contributed by atoms with Crippen molar-refractivity contribution < 1.29 is 8.91 Å². The quantitative estimate of drug-likeness (QED) is 0.722. The van der Waals surface area contributed by atoms with E-state index in [1.54, 1.807) is 6.92 Å². The van der Waals surface area contributed by atoms with E-state index in [1.165, 1.54) is 6.04 Å². The molecule has 5 heteroatoms. The molecule has 1 aliphatic rings. The molecule has 1 saturated heterocycles. The van der Waals surface area contributed by atoms with Crippen molar-refractivity contribution in [1.29, 1.82) is 0 Å². The lowest BCUT2D eigenvalue weighted by Crippen LogP contribution is -2.57. The lowest BCUT2D eigenvalue weighted by molar-refractivity contribution is -0.119. The highest BCUT2D eigenvalue weighted by molar-refractivity contribution is 6.78. The Hall–Kier alpha value is -0.136. The molecule has 1 rings (SSSR count). The molecular weight excluding hydrogens is 198 g/mol. The molecule has 0 aromatic rings. The van der Waals surface area contributed by atoms with Crippen molar-refractivity contribution in [1.82, 2.24) is 5.32 Å². The average Bonchev–Trinajstić information content (AvgIpc) is 1.92. The molecule has 0 aliphatic carbocycles. The highest BCUT2D eigenvalue weighted by atomic mass is 28.4. The largest absolute Gasteiger partial charge is 0.455 e. The summed E-state index contributed by atoms with van der Waals surface area (Å²) in [5, 5.41) is 2.96. The van der Waals surface area contributed by atoms with Crippen molar-refractivity contribution in [3.8, 4) is 0 Å². The van der Waals surface area contributed by atoms with Crippen molar-refractivity contribution in [3.05, 3.63) is 0 Å². The SMILES string of the molecule is CC(=O)NC1CC[Si]1O[Si](C)(C)C. The van der Waals surface area contributed by atoms with Crippen LogP contribution in [0.25, 0.3) is 0 Å². The van der Waals surface area contributed by atoms with Gasteiger partial charge in [-0.3, -0.25) is 4.79 Å². The van der Waals surface area contributed by atoms with E-state index in [1.807, 2.05) is 0 Å². The second-order valence-corrected chi connectivity index (χ2v) is 11.6. The third-order valence-electron chi connectivity index (χ3n) is 1.88. The molecule has 0 aromatic carbocycles. The minimum absolute atomic E-state index is 0.0753. The fourth-order valence-corrected chi connectivity index (χ4v) is 6.62. The Balaban J connectivity index is 2.33. The van der Waals surface area contributed by atoms with Gasteiger partial charge in [0, 0.05) is 12.6 Å². The molecule has 1 amide bonds. The second-order valence-electron chi connectivity index (χ2n) is 4.47.